The molecule has 0 heterocycles. The largest absolute Gasteiger partial charge is 0.330 e. The van der Waals surface area contributed by atoms with Gasteiger partial charge in [-0.2, -0.15) is 0 Å². The predicted octanol–water partition coefficient (Wildman–Crippen LogP) is 5.09. The Morgan fingerprint density at radius 1 is 0.880 bits per heavy atom. The van der Waals surface area contributed by atoms with Crippen molar-refractivity contribution in [2.24, 2.45) is 17.1 Å². The molecule has 0 aromatic heterocycles. The minimum atomic E-state index is 0.239. The average molecular weight is 339 g/mol. The van der Waals surface area contributed by atoms with Crippen molar-refractivity contribution in [1.82, 2.24) is 4.90 Å². The van der Waals surface area contributed by atoms with E-state index in [1.807, 2.05) is 0 Å². The first-order chi connectivity index (χ1) is 12.0. The normalized spacial score (nSPS) is 13.2. The van der Waals surface area contributed by atoms with E-state index in [2.05, 4.69) is 86.3 Å². The van der Waals surface area contributed by atoms with Gasteiger partial charge in [-0.1, -0.05) is 81.4 Å². The molecule has 0 saturated carbocycles. The van der Waals surface area contributed by atoms with Crippen LogP contribution in [0.4, 0.5) is 0 Å². The third kappa shape index (κ3) is 7.41. The molecule has 0 bridgehead atoms. The molecule has 0 amide bonds. The molecule has 0 aliphatic carbocycles. The van der Waals surface area contributed by atoms with Gasteiger partial charge in [0.15, 0.2) is 0 Å². The summed E-state index contributed by atoms with van der Waals surface area (Å²) in [5.41, 5.74) is 8.91. The maximum Gasteiger partial charge on any atom is 0.0237 e. The Balaban J connectivity index is 1.96. The molecule has 2 nitrogen and oxygen atoms in total. The van der Waals surface area contributed by atoms with Crippen LogP contribution in [-0.2, 0) is 13.1 Å². The second-order valence-electron chi connectivity index (χ2n) is 8.15. The highest BCUT2D eigenvalue weighted by Crippen LogP contribution is 2.26. The van der Waals surface area contributed by atoms with Gasteiger partial charge >= 0.3 is 0 Å². The highest BCUT2D eigenvalue weighted by Gasteiger charge is 2.20. The van der Waals surface area contributed by atoms with E-state index < -0.39 is 0 Å². The van der Waals surface area contributed by atoms with Gasteiger partial charge in [-0.3, -0.25) is 4.90 Å². The van der Waals surface area contributed by atoms with Gasteiger partial charge in [0.2, 0.25) is 0 Å². The van der Waals surface area contributed by atoms with Gasteiger partial charge < -0.3 is 5.73 Å². The van der Waals surface area contributed by atoms with Gasteiger partial charge in [0.1, 0.15) is 0 Å². The molecule has 0 aliphatic heterocycles. The lowest BCUT2D eigenvalue weighted by molar-refractivity contribution is 0.212. The van der Waals surface area contributed by atoms with Crippen molar-refractivity contribution in [2.75, 3.05) is 13.1 Å². The van der Waals surface area contributed by atoms with Crippen LogP contribution in [0.15, 0.2) is 60.7 Å². The molecule has 25 heavy (non-hydrogen) atoms. The second kappa shape index (κ2) is 9.74. The average Bonchev–Trinajstić information content (AvgIpc) is 2.61. The monoisotopic (exact) mass is 338 g/mol. The predicted molar refractivity (Wildman–Crippen MR) is 108 cm³/mol. The lowest BCUT2D eigenvalue weighted by atomic mass is 9.82. The van der Waals surface area contributed by atoms with E-state index in [9.17, 15) is 0 Å². The van der Waals surface area contributed by atoms with Crippen molar-refractivity contribution < 1.29 is 0 Å². The van der Waals surface area contributed by atoms with Crippen LogP contribution in [0.3, 0.4) is 0 Å². The zero-order valence-corrected chi connectivity index (χ0v) is 16.1. The summed E-state index contributed by atoms with van der Waals surface area (Å²) in [6.07, 6.45) is 2.40. The van der Waals surface area contributed by atoms with Crippen LogP contribution in [0.25, 0.3) is 0 Å². The summed E-state index contributed by atoms with van der Waals surface area (Å²) < 4.78 is 0. The van der Waals surface area contributed by atoms with Crippen molar-refractivity contribution >= 4 is 0 Å². The molecule has 0 saturated heterocycles. The van der Waals surface area contributed by atoms with Crippen LogP contribution in [0.1, 0.15) is 44.7 Å². The highest BCUT2D eigenvalue weighted by atomic mass is 15.1. The molecule has 2 N–H and O–H groups in total. The fourth-order valence-electron chi connectivity index (χ4n) is 3.43. The number of benzene rings is 2. The number of hydrogen-bond acceptors (Lipinski definition) is 2. The molecule has 0 aliphatic rings. The molecule has 0 spiro atoms. The minimum Gasteiger partial charge on any atom is -0.330 e. The van der Waals surface area contributed by atoms with Crippen molar-refractivity contribution in [1.29, 1.82) is 0 Å². The van der Waals surface area contributed by atoms with Crippen LogP contribution in [-0.4, -0.2) is 18.0 Å². The van der Waals surface area contributed by atoms with Gasteiger partial charge in [0.05, 0.1) is 0 Å². The van der Waals surface area contributed by atoms with Gasteiger partial charge in [-0.05, 0) is 48.4 Å². The Bertz CT molecular complexity index is 551. The van der Waals surface area contributed by atoms with E-state index in [1.165, 1.54) is 24.0 Å². The van der Waals surface area contributed by atoms with E-state index in [-0.39, 0.29) is 5.41 Å². The van der Waals surface area contributed by atoms with Crippen LogP contribution in [0, 0.1) is 11.3 Å². The zero-order chi connectivity index (χ0) is 18.1. The van der Waals surface area contributed by atoms with Crippen molar-refractivity contribution in [2.45, 2.75) is 46.7 Å². The number of nitrogens with two attached hydrogens (primary N) is 1. The summed E-state index contributed by atoms with van der Waals surface area (Å²) in [6, 6.07) is 21.6. The van der Waals surface area contributed by atoms with Crippen molar-refractivity contribution in [3.63, 3.8) is 0 Å². The minimum absolute atomic E-state index is 0.239. The number of rotatable bonds is 10. The zero-order valence-electron chi connectivity index (χ0n) is 16.1. The lowest BCUT2D eigenvalue weighted by Gasteiger charge is -2.29. The molecular formula is C23H34N2. The maximum absolute atomic E-state index is 5.90. The standard InChI is InChI=1S/C23H34N2/c1-20(16-23(2,3)19-24)14-15-25(17-21-10-6-4-7-11-21)18-22-12-8-5-9-13-22/h4-13,20H,14-19,24H2,1-3H3. The Hall–Kier alpha value is -1.64. The summed E-state index contributed by atoms with van der Waals surface area (Å²) in [4.78, 5) is 2.57. The van der Waals surface area contributed by atoms with Crippen molar-refractivity contribution in [3.05, 3.63) is 71.8 Å². The molecule has 136 valence electrons. The first kappa shape index (κ1) is 19.7. The van der Waals surface area contributed by atoms with Crippen LogP contribution < -0.4 is 5.73 Å². The van der Waals surface area contributed by atoms with E-state index in [0.29, 0.717) is 5.92 Å². The number of nitrogens with zero attached hydrogens (tertiary/aromatic N) is 1. The summed E-state index contributed by atoms with van der Waals surface area (Å²) in [6.45, 7) is 10.8. The Morgan fingerprint density at radius 2 is 1.36 bits per heavy atom. The summed E-state index contributed by atoms with van der Waals surface area (Å²) in [7, 11) is 0. The molecule has 2 aromatic rings. The Kier molecular flexibility index (Phi) is 7.67. The quantitative estimate of drug-likeness (QED) is 0.654. The Morgan fingerprint density at radius 3 is 1.80 bits per heavy atom. The Labute approximate surface area is 154 Å². The third-order valence-corrected chi connectivity index (χ3v) is 4.89. The molecule has 2 heteroatoms. The van der Waals surface area contributed by atoms with Gasteiger partial charge in [0, 0.05) is 13.1 Å². The van der Waals surface area contributed by atoms with Gasteiger partial charge in [-0.25, -0.2) is 0 Å². The van der Waals surface area contributed by atoms with E-state index >= 15 is 0 Å². The molecule has 2 rings (SSSR count). The van der Waals surface area contributed by atoms with Crippen LogP contribution in [0.2, 0.25) is 0 Å². The van der Waals surface area contributed by atoms with E-state index in [0.717, 1.165) is 26.2 Å². The van der Waals surface area contributed by atoms with Crippen LogP contribution in [0.5, 0.6) is 0 Å². The topological polar surface area (TPSA) is 29.3 Å². The summed E-state index contributed by atoms with van der Waals surface area (Å²) in [5.74, 6) is 0.688. The smallest absolute Gasteiger partial charge is 0.0237 e. The molecule has 2 aromatic carbocycles. The molecule has 1 atom stereocenters. The highest BCUT2D eigenvalue weighted by molar-refractivity contribution is 5.17. The summed E-state index contributed by atoms with van der Waals surface area (Å²) >= 11 is 0. The number of hydrogen-bond donors (Lipinski definition) is 1. The first-order valence-electron chi connectivity index (χ1n) is 9.49. The van der Waals surface area contributed by atoms with E-state index in [1.54, 1.807) is 0 Å². The fraction of sp³-hybridized carbons (Fsp3) is 0.478. The van der Waals surface area contributed by atoms with Crippen LogP contribution >= 0.6 is 0 Å². The van der Waals surface area contributed by atoms with Crippen molar-refractivity contribution in [3.8, 4) is 0 Å². The van der Waals surface area contributed by atoms with Gasteiger partial charge in [0.25, 0.3) is 0 Å². The molecular weight excluding hydrogens is 304 g/mol. The molecule has 0 radical (unpaired) electrons. The molecule has 1 unspecified atom stereocenters. The van der Waals surface area contributed by atoms with E-state index in [4.69, 9.17) is 5.73 Å². The maximum atomic E-state index is 5.90. The second-order valence-corrected chi connectivity index (χ2v) is 8.15. The SMILES string of the molecule is CC(CCN(Cc1ccccc1)Cc1ccccc1)CC(C)(C)CN. The van der Waals surface area contributed by atoms with Gasteiger partial charge in [-0.15, -0.1) is 0 Å². The fourth-order valence-corrected chi connectivity index (χ4v) is 3.43. The molecule has 0 fully saturated rings. The third-order valence-electron chi connectivity index (χ3n) is 4.89. The summed E-state index contributed by atoms with van der Waals surface area (Å²) in [5, 5.41) is 0. The first-order valence-corrected chi connectivity index (χ1v) is 9.49. The lowest BCUT2D eigenvalue weighted by Crippen LogP contribution is -2.29.